The van der Waals surface area contributed by atoms with Crippen LogP contribution in [0.2, 0.25) is 0 Å². The molecule has 0 bridgehead atoms. The molecule has 3 rings (SSSR count). The zero-order chi connectivity index (χ0) is 17.3. The van der Waals surface area contributed by atoms with Crippen LogP contribution in [0.5, 0.6) is 0 Å². The predicted octanol–water partition coefficient (Wildman–Crippen LogP) is 3.17. The van der Waals surface area contributed by atoms with Gasteiger partial charge in [-0.2, -0.15) is 0 Å². The second-order valence-electron chi connectivity index (χ2n) is 6.22. The standard InChI is InChI=1S/C18H21N3O2S/c1-12-4-6-15(10-13(12)2)21-11-14(5-7-16(21)22)17(23)20(3)18-19-8-9-24-18/h4,6,8-10,14H,5,7,11H2,1-3H3/t14-/m0/s1. The van der Waals surface area contributed by atoms with Gasteiger partial charge < -0.3 is 4.90 Å². The normalized spacial score (nSPS) is 17.9. The number of nitrogens with zero attached hydrogens (tertiary/aromatic N) is 3. The van der Waals surface area contributed by atoms with E-state index in [1.54, 1.807) is 23.0 Å². The SMILES string of the molecule is Cc1ccc(N2C[C@@H](C(=O)N(C)c3nccs3)CCC2=O)cc1C. The Hall–Kier alpha value is -2.21. The summed E-state index contributed by atoms with van der Waals surface area (Å²) in [5.41, 5.74) is 3.21. The van der Waals surface area contributed by atoms with E-state index >= 15 is 0 Å². The van der Waals surface area contributed by atoms with E-state index in [1.165, 1.54) is 16.9 Å². The lowest BCUT2D eigenvalue weighted by Crippen LogP contribution is -2.46. The number of amides is 2. The molecular weight excluding hydrogens is 322 g/mol. The number of rotatable bonds is 3. The maximum Gasteiger partial charge on any atom is 0.233 e. The Bertz CT molecular complexity index is 758. The molecule has 0 saturated carbocycles. The number of carbonyl (C=O) groups is 2. The first-order valence-corrected chi connectivity index (χ1v) is 8.90. The summed E-state index contributed by atoms with van der Waals surface area (Å²) in [5.74, 6) is -0.0938. The molecule has 2 aromatic rings. The van der Waals surface area contributed by atoms with Crippen molar-refractivity contribution < 1.29 is 9.59 Å². The van der Waals surface area contributed by atoms with Crippen molar-refractivity contribution in [2.45, 2.75) is 26.7 Å². The van der Waals surface area contributed by atoms with E-state index in [0.717, 1.165) is 11.3 Å². The van der Waals surface area contributed by atoms with Gasteiger partial charge in [0.05, 0.1) is 5.92 Å². The number of piperidine rings is 1. The second-order valence-corrected chi connectivity index (χ2v) is 7.09. The van der Waals surface area contributed by atoms with Gasteiger partial charge in [-0.25, -0.2) is 4.98 Å². The number of hydrogen-bond acceptors (Lipinski definition) is 4. The lowest BCUT2D eigenvalue weighted by molar-refractivity contribution is -0.125. The number of hydrogen-bond donors (Lipinski definition) is 0. The first kappa shape index (κ1) is 16.6. The molecule has 1 aliphatic rings. The number of aromatic nitrogens is 1. The van der Waals surface area contributed by atoms with E-state index in [-0.39, 0.29) is 17.7 Å². The lowest BCUT2D eigenvalue weighted by Gasteiger charge is -2.33. The second kappa shape index (κ2) is 6.73. The topological polar surface area (TPSA) is 53.5 Å². The van der Waals surface area contributed by atoms with Crippen LogP contribution >= 0.6 is 11.3 Å². The maximum absolute atomic E-state index is 12.8. The molecule has 2 heterocycles. The molecule has 2 amide bonds. The van der Waals surface area contributed by atoms with Gasteiger partial charge in [0.15, 0.2) is 5.13 Å². The largest absolute Gasteiger partial charge is 0.312 e. The molecule has 1 aromatic carbocycles. The van der Waals surface area contributed by atoms with Crippen molar-refractivity contribution in [3.05, 3.63) is 40.9 Å². The summed E-state index contributed by atoms with van der Waals surface area (Å²) >= 11 is 1.44. The van der Waals surface area contributed by atoms with Crippen LogP contribution in [0.1, 0.15) is 24.0 Å². The summed E-state index contributed by atoms with van der Waals surface area (Å²) in [6.07, 6.45) is 2.68. The Balaban J connectivity index is 1.79. The molecule has 0 radical (unpaired) electrons. The van der Waals surface area contributed by atoms with E-state index in [0.29, 0.717) is 24.5 Å². The third-order valence-corrected chi connectivity index (χ3v) is 5.45. The highest BCUT2D eigenvalue weighted by Crippen LogP contribution is 2.28. The van der Waals surface area contributed by atoms with E-state index in [9.17, 15) is 9.59 Å². The molecule has 1 aromatic heterocycles. The highest BCUT2D eigenvalue weighted by molar-refractivity contribution is 7.13. The fraction of sp³-hybridized carbons (Fsp3) is 0.389. The van der Waals surface area contributed by atoms with Gasteiger partial charge in [-0.1, -0.05) is 6.07 Å². The van der Waals surface area contributed by atoms with Crippen molar-refractivity contribution in [2.24, 2.45) is 5.92 Å². The molecule has 0 N–H and O–H groups in total. The molecule has 5 nitrogen and oxygen atoms in total. The van der Waals surface area contributed by atoms with Crippen molar-refractivity contribution in [1.29, 1.82) is 0 Å². The van der Waals surface area contributed by atoms with E-state index in [1.807, 2.05) is 37.4 Å². The Labute approximate surface area is 145 Å². The van der Waals surface area contributed by atoms with Crippen molar-refractivity contribution in [1.82, 2.24) is 4.98 Å². The number of benzene rings is 1. The van der Waals surface area contributed by atoms with Gasteiger partial charge in [0.1, 0.15) is 0 Å². The van der Waals surface area contributed by atoms with Crippen molar-refractivity contribution >= 4 is 34.0 Å². The quantitative estimate of drug-likeness (QED) is 0.860. The minimum absolute atomic E-state index is 0.0197. The maximum atomic E-state index is 12.8. The summed E-state index contributed by atoms with van der Waals surface area (Å²) in [4.78, 5) is 32.6. The fourth-order valence-electron chi connectivity index (χ4n) is 2.94. The smallest absolute Gasteiger partial charge is 0.233 e. The summed E-state index contributed by atoms with van der Waals surface area (Å²) < 4.78 is 0. The van der Waals surface area contributed by atoms with Gasteiger partial charge in [0.25, 0.3) is 0 Å². The summed E-state index contributed by atoms with van der Waals surface area (Å²) in [7, 11) is 1.75. The van der Waals surface area contributed by atoms with E-state index in [4.69, 9.17) is 0 Å². The number of thiazole rings is 1. The van der Waals surface area contributed by atoms with Gasteiger partial charge in [0, 0.05) is 37.3 Å². The molecule has 6 heteroatoms. The third kappa shape index (κ3) is 3.19. The molecule has 24 heavy (non-hydrogen) atoms. The molecule has 1 atom stereocenters. The van der Waals surface area contributed by atoms with Gasteiger partial charge in [-0.3, -0.25) is 14.5 Å². The molecule has 1 saturated heterocycles. The van der Waals surface area contributed by atoms with Crippen molar-refractivity contribution in [3.8, 4) is 0 Å². The summed E-state index contributed by atoms with van der Waals surface area (Å²) in [5, 5.41) is 2.54. The highest BCUT2D eigenvalue weighted by Gasteiger charge is 2.33. The Morgan fingerprint density at radius 3 is 2.79 bits per heavy atom. The minimum atomic E-state index is -0.196. The van der Waals surface area contributed by atoms with Gasteiger partial charge in [-0.05, 0) is 43.5 Å². The van der Waals surface area contributed by atoms with Crippen molar-refractivity contribution in [2.75, 3.05) is 23.4 Å². The van der Waals surface area contributed by atoms with Crippen LogP contribution in [-0.2, 0) is 9.59 Å². The Morgan fingerprint density at radius 1 is 1.33 bits per heavy atom. The third-order valence-electron chi connectivity index (χ3n) is 4.60. The average molecular weight is 343 g/mol. The molecule has 1 fully saturated rings. The van der Waals surface area contributed by atoms with Gasteiger partial charge >= 0.3 is 0 Å². The van der Waals surface area contributed by atoms with Crippen molar-refractivity contribution in [3.63, 3.8) is 0 Å². The van der Waals surface area contributed by atoms with Crippen LogP contribution in [0.15, 0.2) is 29.8 Å². The summed E-state index contributed by atoms with van der Waals surface area (Å²) in [6, 6.07) is 5.99. The van der Waals surface area contributed by atoms with Gasteiger partial charge in [-0.15, -0.1) is 11.3 Å². The predicted molar refractivity (Wildman–Crippen MR) is 96.5 cm³/mol. The highest BCUT2D eigenvalue weighted by atomic mass is 32.1. The zero-order valence-electron chi connectivity index (χ0n) is 14.2. The average Bonchev–Trinajstić information content (AvgIpc) is 3.11. The first-order valence-electron chi connectivity index (χ1n) is 8.02. The molecule has 0 spiro atoms. The zero-order valence-corrected chi connectivity index (χ0v) is 15.0. The van der Waals surface area contributed by atoms with E-state index in [2.05, 4.69) is 4.98 Å². The monoisotopic (exact) mass is 343 g/mol. The van der Waals surface area contributed by atoms with Crippen LogP contribution in [-0.4, -0.2) is 30.4 Å². The van der Waals surface area contributed by atoms with E-state index < -0.39 is 0 Å². The molecule has 0 aliphatic carbocycles. The molecule has 126 valence electrons. The fourth-order valence-corrected chi connectivity index (χ4v) is 3.55. The van der Waals surface area contributed by atoms with Crippen LogP contribution in [0.4, 0.5) is 10.8 Å². The minimum Gasteiger partial charge on any atom is -0.312 e. The number of anilines is 2. The van der Waals surface area contributed by atoms with Crippen LogP contribution < -0.4 is 9.80 Å². The molecule has 0 unspecified atom stereocenters. The summed E-state index contributed by atoms with van der Waals surface area (Å²) in [6.45, 7) is 4.51. The molecular formula is C18H21N3O2S. The number of carbonyl (C=O) groups excluding carboxylic acids is 2. The van der Waals surface area contributed by atoms with Gasteiger partial charge in [0.2, 0.25) is 11.8 Å². The first-order chi connectivity index (χ1) is 11.5. The van der Waals surface area contributed by atoms with Crippen LogP contribution in [0, 0.1) is 19.8 Å². The van der Waals surface area contributed by atoms with Crippen LogP contribution in [0.25, 0.3) is 0 Å². The Kier molecular flexibility index (Phi) is 4.66. The lowest BCUT2D eigenvalue weighted by atomic mass is 9.95. The molecule has 1 aliphatic heterocycles. The number of aryl methyl sites for hydroxylation is 2. The Morgan fingerprint density at radius 2 is 2.12 bits per heavy atom. The van der Waals surface area contributed by atoms with Crippen LogP contribution in [0.3, 0.4) is 0 Å².